The number of esters is 1. The van der Waals surface area contributed by atoms with Gasteiger partial charge >= 0.3 is 5.97 Å². The third-order valence-electron chi connectivity index (χ3n) is 2.26. The fourth-order valence-electron chi connectivity index (χ4n) is 1.41. The van der Waals surface area contributed by atoms with Crippen molar-refractivity contribution in [3.05, 3.63) is 52.9 Å². The van der Waals surface area contributed by atoms with Crippen LogP contribution in [0.2, 0.25) is 0 Å². The number of carbonyl (C=O) groups excluding carboxylic acids is 1. The Balaban J connectivity index is 1.99. The summed E-state index contributed by atoms with van der Waals surface area (Å²) in [6, 6.07) is 10.4. The lowest BCUT2D eigenvalue weighted by Crippen LogP contribution is -2.04. The average molecular weight is 242 g/mol. The van der Waals surface area contributed by atoms with Crippen molar-refractivity contribution in [3.8, 4) is 6.07 Å². The van der Waals surface area contributed by atoms with Crippen LogP contribution in [0.1, 0.15) is 27.4 Å². The van der Waals surface area contributed by atoms with Gasteiger partial charge in [0, 0.05) is 6.07 Å². The second-order valence-corrected chi connectivity index (χ2v) is 3.72. The van der Waals surface area contributed by atoms with Crippen molar-refractivity contribution in [2.24, 2.45) is 0 Å². The van der Waals surface area contributed by atoms with Gasteiger partial charge in [0.1, 0.15) is 6.61 Å². The number of nitrogens with zero attached hydrogens (tertiary/aromatic N) is 2. The van der Waals surface area contributed by atoms with Crippen molar-refractivity contribution in [1.82, 2.24) is 5.16 Å². The Kier molecular flexibility index (Phi) is 3.39. The molecule has 90 valence electrons. The Labute approximate surface area is 104 Å². The van der Waals surface area contributed by atoms with Gasteiger partial charge in [-0.15, -0.1) is 0 Å². The lowest BCUT2D eigenvalue weighted by molar-refractivity contribution is 0.0426. The highest BCUT2D eigenvalue weighted by Gasteiger charge is 2.13. The first-order chi connectivity index (χ1) is 8.69. The van der Waals surface area contributed by atoms with Crippen LogP contribution in [0.5, 0.6) is 0 Å². The number of nitriles is 1. The molecule has 0 spiro atoms. The zero-order chi connectivity index (χ0) is 13.0. The summed E-state index contributed by atoms with van der Waals surface area (Å²) in [5, 5.41) is 12.3. The van der Waals surface area contributed by atoms with Crippen LogP contribution in [-0.4, -0.2) is 11.1 Å². The van der Waals surface area contributed by atoms with Crippen molar-refractivity contribution >= 4 is 5.97 Å². The molecule has 1 aromatic heterocycles. The Morgan fingerprint density at radius 2 is 2.33 bits per heavy atom. The second kappa shape index (κ2) is 5.15. The van der Waals surface area contributed by atoms with Crippen LogP contribution in [0.25, 0.3) is 0 Å². The molecule has 0 amide bonds. The summed E-state index contributed by atoms with van der Waals surface area (Å²) >= 11 is 0. The van der Waals surface area contributed by atoms with E-state index in [0.717, 1.165) is 5.56 Å². The number of hydrogen-bond donors (Lipinski definition) is 0. The van der Waals surface area contributed by atoms with Crippen molar-refractivity contribution in [2.45, 2.75) is 13.5 Å². The van der Waals surface area contributed by atoms with Crippen molar-refractivity contribution in [2.75, 3.05) is 0 Å². The largest absolute Gasteiger partial charge is 0.455 e. The zero-order valence-electron chi connectivity index (χ0n) is 9.71. The summed E-state index contributed by atoms with van der Waals surface area (Å²) in [6.45, 7) is 1.81. The average Bonchev–Trinajstić information content (AvgIpc) is 2.83. The first-order valence-electron chi connectivity index (χ1n) is 5.28. The highest BCUT2D eigenvalue weighted by Crippen LogP contribution is 2.09. The molecule has 0 aliphatic carbocycles. The molecule has 5 nitrogen and oxygen atoms in total. The van der Waals surface area contributed by atoms with Gasteiger partial charge < -0.3 is 9.26 Å². The van der Waals surface area contributed by atoms with Crippen molar-refractivity contribution < 1.29 is 14.1 Å². The molecule has 5 heteroatoms. The molecule has 0 bridgehead atoms. The molecule has 0 N–H and O–H groups in total. The number of carbonyl (C=O) groups is 1. The third kappa shape index (κ3) is 2.74. The molecule has 0 atom stereocenters. The summed E-state index contributed by atoms with van der Waals surface area (Å²) in [5.74, 6) is -0.498. The minimum Gasteiger partial charge on any atom is -0.455 e. The first-order valence-corrected chi connectivity index (χ1v) is 5.28. The maximum absolute atomic E-state index is 11.6. The Hall–Kier alpha value is -2.61. The standard InChI is InChI=1S/C13H10N2O3/c1-9-5-12(18-15-9)13(16)17-8-11-4-2-3-10(6-11)7-14/h2-6H,8H2,1H3. The predicted octanol–water partition coefficient (Wildman–Crippen LogP) is 2.21. The molecule has 1 heterocycles. The van der Waals surface area contributed by atoms with E-state index in [4.69, 9.17) is 14.5 Å². The van der Waals surface area contributed by atoms with E-state index in [9.17, 15) is 4.79 Å². The monoisotopic (exact) mass is 242 g/mol. The minimum absolute atomic E-state index is 0.0731. The molecule has 18 heavy (non-hydrogen) atoms. The van der Waals surface area contributed by atoms with Crippen LogP contribution in [0.3, 0.4) is 0 Å². The zero-order valence-corrected chi connectivity index (χ0v) is 9.71. The SMILES string of the molecule is Cc1cc(C(=O)OCc2cccc(C#N)c2)on1. The van der Waals surface area contributed by atoms with Crippen molar-refractivity contribution in [3.63, 3.8) is 0 Å². The molecule has 0 saturated heterocycles. The van der Waals surface area contributed by atoms with Crippen LogP contribution >= 0.6 is 0 Å². The lowest BCUT2D eigenvalue weighted by atomic mass is 10.1. The molecule has 0 aliphatic heterocycles. The Bertz CT molecular complexity index is 611. The molecule has 2 rings (SSSR count). The second-order valence-electron chi connectivity index (χ2n) is 3.72. The van der Waals surface area contributed by atoms with Crippen LogP contribution < -0.4 is 0 Å². The summed E-state index contributed by atoms with van der Waals surface area (Å²) in [6.07, 6.45) is 0. The minimum atomic E-state index is -0.571. The Morgan fingerprint density at radius 1 is 1.50 bits per heavy atom. The van der Waals surface area contributed by atoms with E-state index in [1.54, 1.807) is 31.2 Å². The molecular formula is C13H10N2O3. The van der Waals surface area contributed by atoms with E-state index in [1.165, 1.54) is 6.07 Å². The lowest BCUT2D eigenvalue weighted by Gasteiger charge is -2.02. The van der Waals surface area contributed by atoms with Crippen molar-refractivity contribution in [1.29, 1.82) is 5.26 Å². The van der Waals surface area contributed by atoms with Crippen LogP contribution in [-0.2, 0) is 11.3 Å². The number of hydrogen-bond acceptors (Lipinski definition) is 5. The summed E-state index contributed by atoms with van der Waals surface area (Å²) in [5.41, 5.74) is 1.89. The van der Waals surface area contributed by atoms with Gasteiger partial charge in [0.2, 0.25) is 5.76 Å². The number of aryl methyl sites for hydroxylation is 1. The Morgan fingerprint density at radius 3 is 3.00 bits per heavy atom. The predicted molar refractivity (Wildman–Crippen MR) is 61.5 cm³/mol. The fraction of sp³-hybridized carbons (Fsp3) is 0.154. The maximum atomic E-state index is 11.6. The highest BCUT2D eigenvalue weighted by molar-refractivity contribution is 5.86. The summed E-state index contributed by atoms with van der Waals surface area (Å²) in [7, 11) is 0. The summed E-state index contributed by atoms with van der Waals surface area (Å²) < 4.78 is 9.83. The van der Waals surface area contributed by atoms with Crippen LogP contribution in [0, 0.1) is 18.3 Å². The van der Waals surface area contributed by atoms with Gasteiger partial charge in [-0.25, -0.2) is 4.79 Å². The molecule has 0 fully saturated rings. The smallest absolute Gasteiger partial charge is 0.377 e. The number of ether oxygens (including phenoxy) is 1. The number of benzene rings is 1. The topological polar surface area (TPSA) is 76.1 Å². The van der Waals surface area contributed by atoms with Gasteiger partial charge in [-0.3, -0.25) is 0 Å². The molecule has 0 radical (unpaired) electrons. The molecule has 0 aliphatic rings. The first kappa shape index (κ1) is 11.9. The van der Waals surface area contributed by atoms with Gasteiger partial charge in [-0.2, -0.15) is 5.26 Å². The van der Waals surface area contributed by atoms with Gasteiger partial charge in [0.15, 0.2) is 0 Å². The van der Waals surface area contributed by atoms with Crippen LogP contribution in [0.15, 0.2) is 34.9 Å². The van der Waals surface area contributed by atoms with E-state index < -0.39 is 5.97 Å². The van der Waals surface area contributed by atoms with E-state index in [2.05, 4.69) is 5.16 Å². The van der Waals surface area contributed by atoms with E-state index >= 15 is 0 Å². The van der Waals surface area contributed by atoms with Gasteiger partial charge in [-0.1, -0.05) is 17.3 Å². The molecule has 0 unspecified atom stereocenters. The van der Waals surface area contributed by atoms with E-state index in [1.807, 2.05) is 6.07 Å². The molecule has 2 aromatic rings. The molecule has 0 saturated carbocycles. The van der Waals surface area contributed by atoms with Crippen LogP contribution in [0.4, 0.5) is 0 Å². The fourth-order valence-corrected chi connectivity index (χ4v) is 1.41. The number of rotatable bonds is 3. The quantitative estimate of drug-likeness (QED) is 0.771. The van der Waals surface area contributed by atoms with Gasteiger partial charge in [0.05, 0.1) is 17.3 Å². The van der Waals surface area contributed by atoms with E-state index in [-0.39, 0.29) is 12.4 Å². The summed E-state index contributed by atoms with van der Waals surface area (Å²) in [4.78, 5) is 11.6. The highest BCUT2D eigenvalue weighted by atomic mass is 16.6. The third-order valence-corrected chi connectivity index (χ3v) is 2.26. The number of aromatic nitrogens is 1. The molecule has 1 aromatic carbocycles. The molecular weight excluding hydrogens is 232 g/mol. The maximum Gasteiger partial charge on any atom is 0.377 e. The van der Waals surface area contributed by atoms with E-state index in [0.29, 0.717) is 11.3 Å². The van der Waals surface area contributed by atoms with Gasteiger partial charge in [-0.05, 0) is 24.6 Å². The normalized spacial score (nSPS) is 9.78. The van der Waals surface area contributed by atoms with Gasteiger partial charge in [0.25, 0.3) is 0 Å².